The van der Waals surface area contributed by atoms with Crippen LogP contribution in [-0.2, 0) is 24.0 Å². The molecule has 0 spiro atoms. The number of hydrogen-bond donors (Lipinski definition) is 0. The van der Waals surface area contributed by atoms with Gasteiger partial charge in [-0.1, -0.05) is 0 Å². The molecular formula is C7H8Cl2O8. The van der Waals surface area contributed by atoms with E-state index < -0.39 is 17.0 Å². The molecule has 0 aromatic carbocycles. The van der Waals surface area contributed by atoms with Gasteiger partial charge in [-0.25, -0.2) is 14.4 Å². The first kappa shape index (κ1) is 15.8. The molecule has 0 aliphatic heterocycles. The number of ether oxygens (including phenoxy) is 3. The maximum absolute atomic E-state index is 10.7. The molecule has 98 valence electrons. The maximum atomic E-state index is 10.7. The molecule has 0 saturated heterocycles. The van der Waals surface area contributed by atoms with E-state index in [0.29, 0.717) is 0 Å². The normalized spacial score (nSPS) is 9.29. The lowest BCUT2D eigenvalue weighted by Gasteiger charge is -2.04. The summed E-state index contributed by atoms with van der Waals surface area (Å²) in [7, 11) is 0. The predicted octanol–water partition coefficient (Wildman–Crippen LogP) is 1.82. The number of hydrogen-bond acceptors (Lipinski definition) is 8. The van der Waals surface area contributed by atoms with Crippen LogP contribution in [0.15, 0.2) is 0 Å². The fraction of sp³-hybridized carbons (Fsp3) is 0.571. The second-order valence-corrected chi connectivity index (χ2v) is 2.79. The zero-order valence-corrected chi connectivity index (χ0v) is 9.86. The van der Waals surface area contributed by atoms with Gasteiger partial charge >= 0.3 is 17.0 Å². The van der Waals surface area contributed by atoms with Crippen molar-refractivity contribution in [2.75, 3.05) is 26.4 Å². The largest absolute Gasteiger partial charge is 0.540 e. The highest BCUT2D eigenvalue weighted by Gasteiger charge is 2.06. The lowest BCUT2D eigenvalue weighted by molar-refractivity contribution is -0.258. The Labute approximate surface area is 106 Å². The summed E-state index contributed by atoms with van der Waals surface area (Å²) in [6, 6.07) is 0. The van der Waals surface area contributed by atoms with E-state index in [1.165, 1.54) is 0 Å². The molecule has 0 amide bonds. The third kappa shape index (κ3) is 12.7. The highest BCUT2D eigenvalue weighted by molar-refractivity contribution is 6.61. The van der Waals surface area contributed by atoms with Crippen molar-refractivity contribution in [3.63, 3.8) is 0 Å². The Kier molecular flexibility index (Phi) is 9.21. The van der Waals surface area contributed by atoms with Crippen molar-refractivity contribution >= 4 is 40.2 Å². The Bertz CT molecular complexity index is 269. The van der Waals surface area contributed by atoms with Crippen molar-refractivity contribution in [1.82, 2.24) is 0 Å². The van der Waals surface area contributed by atoms with Crippen LogP contribution in [0.2, 0.25) is 0 Å². The topological polar surface area (TPSA) is 97.4 Å². The minimum Gasteiger partial charge on any atom is -0.451 e. The van der Waals surface area contributed by atoms with Gasteiger partial charge in [0.2, 0.25) is 0 Å². The summed E-state index contributed by atoms with van der Waals surface area (Å²) in [6.07, 6.45) is -1.15. The van der Waals surface area contributed by atoms with E-state index in [4.69, 9.17) is 23.2 Å². The highest BCUT2D eigenvalue weighted by Crippen LogP contribution is 1.91. The molecule has 17 heavy (non-hydrogen) atoms. The Morgan fingerprint density at radius 2 is 1.24 bits per heavy atom. The summed E-state index contributed by atoms with van der Waals surface area (Å²) in [5.74, 6) is 0. The second kappa shape index (κ2) is 9.94. The SMILES string of the molecule is O=C(Cl)OCCOOC(=O)OCCOC(=O)Cl. The Balaban J connectivity index is 3.29. The molecule has 0 aromatic heterocycles. The van der Waals surface area contributed by atoms with Crippen LogP contribution in [0.1, 0.15) is 0 Å². The molecule has 0 bridgehead atoms. The van der Waals surface area contributed by atoms with Crippen LogP contribution in [0.3, 0.4) is 0 Å². The summed E-state index contributed by atoms with van der Waals surface area (Å²) in [5.41, 5.74) is -2.01. The van der Waals surface area contributed by atoms with Gasteiger partial charge in [0, 0.05) is 23.2 Å². The van der Waals surface area contributed by atoms with E-state index in [-0.39, 0.29) is 26.4 Å². The van der Waals surface area contributed by atoms with Gasteiger partial charge in [0.05, 0.1) is 0 Å². The molecule has 0 fully saturated rings. The number of rotatable bonds is 7. The van der Waals surface area contributed by atoms with Crippen LogP contribution in [0, 0.1) is 0 Å². The van der Waals surface area contributed by atoms with Crippen LogP contribution < -0.4 is 0 Å². The monoisotopic (exact) mass is 290 g/mol. The number of halogens is 2. The molecule has 10 heteroatoms. The molecule has 0 aliphatic rings. The molecule has 0 aromatic rings. The van der Waals surface area contributed by atoms with Gasteiger partial charge in [-0.15, -0.1) is 0 Å². The summed E-state index contributed by atoms with van der Waals surface area (Å²) >= 11 is 9.66. The first-order valence-electron chi connectivity index (χ1n) is 4.13. The summed E-state index contributed by atoms with van der Waals surface area (Å²) in [6.45, 7) is -0.831. The molecule has 0 unspecified atom stereocenters. The van der Waals surface area contributed by atoms with Crippen molar-refractivity contribution < 1.29 is 38.4 Å². The predicted molar refractivity (Wildman–Crippen MR) is 52.8 cm³/mol. The fourth-order valence-corrected chi connectivity index (χ4v) is 0.671. The van der Waals surface area contributed by atoms with E-state index in [9.17, 15) is 14.4 Å². The quantitative estimate of drug-likeness (QED) is 0.175. The van der Waals surface area contributed by atoms with Gasteiger partial charge in [-0.2, -0.15) is 4.89 Å². The van der Waals surface area contributed by atoms with E-state index >= 15 is 0 Å². The van der Waals surface area contributed by atoms with Crippen LogP contribution in [0.25, 0.3) is 0 Å². The zero-order chi connectivity index (χ0) is 13.1. The van der Waals surface area contributed by atoms with Gasteiger partial charge in [0.25, 0.3) is 0 Å². The Morgan fingerprint density at radius 1 is 0.765 bits per heavy atom. The molecule has 0 saturated carbocycles. The van der Waals surface area contributed by atoms with Crippen LogP contribution in [-0.4, -0.2) is 43.4 Å². The van der Waals surface area contributed by atoms with Crippen molar-refractivity contribution in [3.8, 4) is 0 Å². The number of carbonyl (C=O) groups excluding carboxylic acids is 3. The van der Waals surface area contributed by atoms with Crippen molar-refractivity contribution in [2.24, 2.45) is 0 Å². The molecule has 0 N–H and O–H groups in total. The molecular weight excluding hydrogens is 283 g/mol. The maximum Gasteiger partial charge on any atom is 0.540 e. The Morgan fingerprint density at radius 3 is 1.76 bits per heavy atom. The third-order valence-corrected chi connectivity index (χ3v) is 1.25. The number of carbonyl (C=O) groups is 3. The second-order valence-electron chi connectivity index (χ2n) is 2.18. The molecule has 8 nitrogen and oxygen atoms in total. The zero-order valence-electron chi connectivity index (χ0n) is 8.35. The lowest BCUT2D eigenvalue weighted by atomic mass is 10.8. The van der Waals surface area contributed by atoms with E-state index in [1.54, 1.807) is 0 Å². The van der Waals surface area contributed by atoms with Crippen LogP contribution in [0.4, 0.5) is 14.4 Å². The van der Waals surface area contributed by atoms with Crippen LogP contribution in [0.5, 0.6) is 0 Å². The first-order valence-corrected chi connectivity index (χ1v) is 4.88. The smallest absolute Gasteiger partial charge is 0.451 e. The molecule has 0 atom stereocenters. The minimum atomic E-state index is -1.15. The van der Waals surface area contributed by atoms with Gasteiger partial charge in [-0.05, 0) is 0 Å². The molecule has 0 rings (SSSR count). The first-order chi connectivity index (χ1) is 8.02. The van der Waals surface area contributed by atoms with E-state index in [0.717, 1.165) is 0 Å². The molecule has 0 heterocycles. The summed E-state index contributed by atoms with van der Waals surface area (Å²) < 4.78 is 12.9. The summed E-state index contributed by atoms with van der Waals surface area (Å²) in [5, 5.41) is 0. The standard InChI is InChI=1S/C7H8Cl2O8/c8-5(10)13-1-2-15-7(12)17-16-4-3-14-6(9)11/h1-4H2. The molecule has 0 radical (unpaired) electrons. The van der Waals surface area contributed by atoms with E-state index in [2.05, 4.69) is 24.0 Å². The molecule has 0 aliphatic carbocycles. The summed E-state index contributed by atoms with van der Waals surface area (Å²) in [4.78, 5) is 39.2. The van der Waals surface area contributed by atoms with E-state index in [1.807, 2.05) is 0 Å². The van der Waals surface area contributed by atoms with Crippen molar-refractivity contribution in [2.45, 2.75) is 0 Å². The van der Waals surface area contributed by atoms with Gasteiger partial charge in [0.1, 0.15) is 26.4 Å². The Hall–Kier alpha value is -1.25. The van der Waals surface area contributed by atoms with Gasteiger partial charge in [0.15, 0.2) is 0 Å². The lowest BCUT2D eigenvalue weighted by Crippen LogP contribution is -2.14. The minimum absolute atomic E-state index is 0.181. The third-order valence-electron chi connectivity index (χ3n) is 1.03. The van der Waals surface area contributed by atoms with Gasteiger partial charge < -0.3 is 14.2 Å². The van der Waals surface area contributed by atoms with Crippen molar-refractivity contribution in [3.05, 3.63) is 0 Å². The fourth-order valence-electron chi connectivity index (χ4n) is 0.517. The highest BCUT2D eigenvalue weighted by atomic mass is 35.5. The average molecular weight is 291 g/mol. The van der Waals surface area contributed by atoms with Crippen LogP contribution >= 0.6 is 23.2 Å². The van der Waals surface area contributed by atoms with Crippen molar-refractivity contribution in [1.29, 1.82) is 0 Å². The van der Waals surface area contributed by atoms with Gasteiger partial charge in [-0.3, -0.25) is 4.89 Å². The average Bonchev–Trinajstić information content (AvgIpc) is 2.23.